The first-order valence-corrected chi connectivity index (χ1v) is 7.74. The summed E-state index contributed by atoms with van der Waals surface area (Å²) in [6, 6.07) is 5.61. The van der Waals surface area contributed by atoms with Crippen LogP contribution in [0.1, 0.15) is 18.9 Å². The van der Waals surface area contributed by atoms with Crippen molar-refractivity contribution in [2.45, 2.75) is 25.6 Å². The normalized spacial score (nSPS) is 17.0. The zero-order valence-electron chi connectivity index (χ0n) is 12.4. The number of hydrogen-bond donors (Lipinski definition) is 2. The minimum Gasteiger partial charge on any atom is -0.361 e. The Bertz CT molecular complexity index is 677. The predicted molar refractivity (Wildman–Crippen MR) is 84.9 cm³/mol. The second-order valence-corrected chi connectivity index (χ2v) is 6.05. The van der Waals surface area contributed by atoms with Crippen LogP contribution in [0.3, 0.4) is 0 Å². The molecule has 0 spiro atoms. The van der Waals surface area contributed by atoms with Crippen LogP contribution < -0.4 is 5.32 Å². The molecule has 2 heterocycles. The molecule has 5 nitrogen and oxygen atoms in total. The quantitative estimate of drug-likeness (QED) is 0.889. The van der Waals surface area contributed by atoms with Gasteiger partial charge in [-0.15, -0.1) is 0 Å². The van der Waals surface area contributed by atoms with Gasteiger partial charge in [0.25, 0.3) is 0 Å². The highest BCUT2D eigenvalue weighted by Crippen LogP contribution is 2.23. The summed E-state index contributed by atoms with van der Waals surface area (Å²) in [5, 5.41) is 4.55. The number of halogens is 1. The van der Waals surface area contributed by atoms with Crippen LogP contribution in [0, 0.1) is 0 Å². The molecule has 0 atom stereocenters. The Balaban J connectivity index is 1.55. The highest BCUT2D eigenvalue weighted by atomic mass is 35.5. The molecule has 0 bridgehead atoms. The lowest BCUT2D eigenvalue weighted by Crippen LogP contribution is -2.34. The third-order valence-electron chi connectivity index (χ3n) is 3.88. The predicted octanol–water partition coefficient (Wildman–Crippen LogP) is 2.63. The van der Waals surface area contributed by atoms with Gasteiger partial charge in [-0.3, -0.25) is 4.79 Å². The van der Waals surface area contributed by atoms with Gasteiger partial charge in [-0.1, -0.05) is 11.6 Å². The topological polar surface area (TPSA) is 63.4 Å². The van der Waals surface area contributed by atoms with Crippen molar-refractivity contribution in [2.24, 2.45) is 0 Å². The molecular formula is C16H19ClN2O3. The summed E-state index contributed by atoms with van der Waals surface area (Å²) >= 11 is 6.01. The molecule has 2 N–H and O–H groups in total. The second kappa shape index (κ2) is 6.28. The van der Waals surface area contributed by atoms with Crippen molar-refractivity contribution in [2.75, 3.05) is 19.8 Å². The van der Waals surface area contributed by atoms with Crippen LogP contribution in [-0.2, 0) is 20.7 Å². The van der Waals surface area contributed by atoms with E-state index in [0.717, 1.165) is 16.5 Å². The fourth-order valence-corrected chi connectivity index (χ4v) is 2.83. The van der Waals surface area contributed by atoms with Gasteiger partial charge in [0.05, 0.1) is 19.6 Å². The van der Waals surface area contributed by atoms with E-state index in [9.17, 15) is 4.79 Å². The zero-order valence-corrected chi connectivity index (χ0v) is 13.2. The number of carbonyl (C=O) groups is 1. The first-order valence-electron chi connectivity index (χ1n) is 7.36. The van der Waals surface area contributed by atoms with Gasteiger partial charge >= 0.3 is 0 Å². The van der Waals surface area contributed by atoms with Crippen molar-refractivity contribution in [1.29, 1.82) is 0 Å². The molecule has 1 saturated heterocycles. The Morgan fingerprint density at radius 1 is 1.41 bits per heavy atom. The van der Waals surface area contributed by atoms with E-state index < -0.39 is 5.79 Å². The molecule has 3 rings (SSSR count). The largest absolute Gasteiger partial charge is 0.361 e. The number of nitrogens with one attached hydrogen (secondary N) is 2. The van der Waals surface area contributed by atoms with Crippen LogP contribution in [-0.4, -0.2) is 36.4 Å². The van der Waals surface area contributed by atoms with Crippen molar-refractivity contribution in [3.63, 3.8) is 0 Å². The molecule has 0 unspecified atom stereocenters. The lowest BCUT2D eigenvalue weighted by molar-refractivity contribution is -0.146. The van der Waals surface area contributed by atoms with Crippen LogP contribution in [0.2, 0.25) is 5.02 Å². The first kappa shape index (κ1) is 15.3. The molecule has 1 aromatic carbocycles. The molecule has 1 aromatic heterocycles. The Hall–Kier alpha value is -1.56. The molecule has 0 radical (unpaired) electrons. The summed E-state index contributed by atoms with van der Waals surface area (Å²) in [4.78, 5) is 15.2. The summed E-state index contributed by atoms with van der Waals surface area (Å²) in [6.07, 6.45) is 2.81. The van der Waals surface area contributed by atoms with Gasteiger partial charge in [0.1, 0.15) is 0 Å². The van der Waals surface area contributed by atoms with E-state index in [1.54, 1.807) is 0 Å². The number of benzene rings is 1. The van der Waals surface area contributed by atoms with Crippen LogP contribution in [0.25, 0.3) is 10.9 Å². The number of aromatic nitrogens is 1. The van der Waals surface area contributed by atoms with Crippen LogP contribution in [0.15, 0.2) is 24.4 Å². The van der Waals surface area contributed by atoms with Gasteiger partial charge < -0.3 is 19.8 Å². The van der Waals surface area contributed by atoms with Gasteiger partial charge in [0.15, 0.2) is 5.79 Å². The van der Waals surface area contributed by atoms with Gasteiger partial charge in [-0.05, 0) is 30.7 Å². The highest BCUT2D eigenvalue weighted by Gasteiger charge is 2.30. The molecule has 1 fully saturated rings. The van der Waals surface area contributed by atoms with Crippen molar-refractivity contribution in [3.05, 3.63) is 35.0 Å². The van der Waals surface area contributed by atoms with Crippen LogP contribution >= 0.6 is 11.6 Å². The summed E-state index contributed by atoms with van der Waals surface area (Å²) < 4.78 is 11.0. The summed E-state index contributed by atoms with van der Waals surface area (Å²) in [7, 11) is 0. The average molecular weight is 323 g/mol. The number of H-pyrrole nitrogens is 1. The van der Waals surface area contributed by atoms with Gasteiger partial charge in [-0.2, -0.15) is 0 Å². The van der Waals surface area contributed by atoms with Crippen LogP contribution in [0.5, 0.6) is 0 Å². The standard InChI is InChI=1S/C16H19ClN2O3/c1-16(21-6-7-22-16)4-5-18-15(20)8-11-10-19-14-3-2-12(17)9-13(11)14/h2-3,9-10,19H,4-8H2,1H3,(H,18,20). The van der Waals surface area contributed by atoms with Gasteiger partial charge in [0, 0.05) is 35.1 Å². The third-order valence-corrected chi connectivity index (χ3v) is 4.11. The monoisotopic (exact) mass is 322 g/mol. The second-order valence-electron chi connectivity index (χ2n) is 5.61. The summed E-state index contributed by atoms with van der Waals surface area (Å²) in [5.74, 6) is -0.593. The van der Waals surface area contributed by atoms with E-state index in [1.807, 2.05) is 31.3 Å². The molecule has 6 heteroatoms. The highest BCUT2D eigenvalue weighted by molar-refractivity contribution is 6.31. The van der Waals surface area contributed by atoms with Crippen molar-refractivity contribution in [1.82, 2.24) is 10.3 Å². The molecule has 22 heavy (non-hydrogen) atoms. The summed E-state index contributed by atoms with van der Waals surface area (Å²) in [5.41, 5.74) is 1.92. The number of amides is 1. The molecule has 118 valence electrons. The maximum atomic E-state index is 12.1. The zero-order chi connectivity index (χ0) is 15.6. The van der Waals surface area contributed by atoms with Crippen LogP contribution in [0.4, 0.5) is 0 Å². The van der Waals surface area contributed by atoms with Gasteiger partial charge in [0.2, 0.25) is 5.91 Å². The van der Waals surface area contributed by atoms with Crippen molar-refractivity contribution < 1.29 is 14.3 Å². The van der Waals surface area contributed by atoms with E-state index >= 15 is 0 Å². The SMILES string of the molecule is CC1(CCNC(=O)Cc2c[nH]c3ccc(Cl)cc23)OCCO1. The molecule has 1 aliphatic rings. The Morgan fingerprint density at radius 2 is 2.18 bits per heavy atom. The fourth-order valence-electron chi connectivity index (χ4n) is 2.66. The number of hydrogen-bond acceptors (Lipinski definition) is 3. The maximum Gasteiger partial charge on any atom is 0.224 e. The molecular weight excluding hydrogens is 304 g/mol. The van der Waals surface area contributed by atoms with E-state index in [1.165, 1.54) is 0 Å². The minimum atomic E-state index is -0.568. The van der Waals surface area contributed by atoms with E-state index in [2.05, 4.69) is 10.3 Å². The molecule has 1 amide bonds. The smallest absolute Gasteiger partial charge is 0.224 e. The number of fused-ring (bicyclic) bond motifs is 1. The minimum absolute atomic E-state index is 0.0255. The number of aromatic amines is 1. The van der Waals surface area contributed by atoms with Gasteiger partial charge in [-0.25, -0.2) is 0 Å². The number of ether oxygens (including phenoxy) is 2. The first-order chi connectivity index (χ1) is 10.6. The van der Waals surface area contributed by atoms with Crippen molar-refractivity contribution in [3.8, 4) is 0 Å². The van der Waals surface area contributed by atoms with E-state index in [0.29, 0.717) is 37.6 Å². The average Bonchev–Trinajstić information content (AvgIpc) is 3.06. The number of rotatable bonds is 5. The number of carbonyl (C=O) groups excluding carboxylic acids is 1. The Kier molecular flexibility index (Phi) is 4.38. The molecule has 0 aliphatic carbocycles. The summed E-state index contributed by atoms with van der Waals surface area (Å²) in [6.45, 7) is 3.65. The maximum absolute atomic E-state index is 12.1. The third kappa shape index (κ3) is 3.43. The Morgan fingerprint density at radius 3 is 2.95 bits per heavy atom. The molecule has 2 aromatic rings. The fraction of sp³-hybridized carbons (Fsp3) is 0.438. The Labute approximate surface area is 133 Å². The van der Waals surface area contributed by atoms with E-state index in [-0.39, 0.29) is 5.91 Å². The molecule has 1 aliphatic heterocycles. The molecule has 0 saturated carbocycles. The van der Waals surface area contributed by atoms with E-state index in [4.69, 9.17) is 21.1 Å². The van der Waals surface area contributed by atoms with Crippen molar-refractivity contribution >= 4 is 28.4 Å². The lowest BCUT2D eigenvalue weighted by atomic mass is 10.1. The lowest BCUT2D eigenvalue weighted by Gasteiger charge is -2.22.